The average Bonchev–Trinajstić information content (AvgIpc) is 3.32. The molecule has 0 aliphatic carbocycles. The molecule has 1 saturated heterocycles. The molecule has 25 heavy (non-hydrogen) atoms. The van der Waals surface area contributed by atoms with Gasteiger partial charge in [0.25, 0.3) is 5.91 Å². The van der Waals surface area contributed by atoms with Crippen LogP contribution in [0.5, 0.6) is 0 Å². The predicted molar refractivity (Wildman–Crippen MR) is 101 cm³/mol. The van der Waals surface area contributed by atoms with Gasteiger partial charge in [-0.1, -0.05) is 36.4 Å². The molecule has 0 radical (unpaired) electrons. The Kier molecular flexibility index (Phi) is 5.27. The van der Waals surface area contributed by atoms with Crippen molar-refractivity contribution in [3.05, 3.63) is 58.3 Å². The van der Waals surface area contributed by atoms with Gasteiger partial charge < -0.3 is 14.5 Å². The molecule has 5 heteroatoms. The Bertz CT molecular complexity index is 696. The van der Waals surface area contributed by atoms with E-state index in [2.05, 4.69) is 7.05 Å². The second kappa shape index (κ2) is 7.28. The van der Waals surface area contributed by atoms with Gasteiger partial charge in [0.15, 0.2) is 0 Å². The van der Waals surface area contributed by atoms with Gasteiger partial charge in [-0.25, -0.2) is 0 Å². The highest BCUT2D eigenvalue weighted by atomic mass is 32.1. The molecule has 1 aromatic heterocycles. The Hall–Kier alpha value is -1.69. The maximum atomic E-state index is 13.2. The summed E-state index contributed by atoms with van der Waals surface area (Å²) in [6, 6.07) is 13.0. The van der Waals surface area contributed by atoms with Crippen LogP contribution in [0.15, 0.2) is 47.8 Å². The zero-order valence-electron chi connectivity index (χ0n) is 15.0. The van der Waals surface area contributed by atoms with E-state index in [0.717, 1.165) is 11.0 Å². The van der Waals surface area contributed by atoms with Gasteiger partial charge in [-0.05, 0) is 17.0 Å². The van der Waals surface area contributed by atoms with Crippen molar-refractivity contribution in [2.75, 3.05) is 40.3 Å². The molecule has 0 saturated carbocycles. The molecule has 2 heterocycles. The SMILES string of the molecule is CN(CC[N+]1(C)CCCC1)C(=O)[C@@](O)(c1ccccc1)c1cccs1. The van der Waals surface area contributed by atoms with Crippen LogP contribution in [0.3, 0.4) is 0 Å². The molecule has 0 spiro atoms. The molecule has 134 valence electrons. The van der Waals surface area contributed by atoms with E-state index in [1.165, 1.54) is 37.3 Å². The van der Waals surface area contributed by atoms with Gasteiger partial charge in [0.2, 0.25) is 5.60 Å². The number of benzene rings is 1. The minimum Gasteiger partial charge on any atom is -0.371 e. The summed E-state index contributed by atoms with van der Waals surface area (Å²) in [6.45, 7) is 3.93. The Morgan fingerprint density at radius 3 is 2.48 bits per heavy atom. The molecule has 1 aromatic carbocycles. The summed E-state index contributed by atoms with van der Waals surface area (Å²) in [5.41, 5.74) is -0.996. The molecule has 1 aliphatic heterocycles. The molecule has 0 unspecified atom stereocenters. The molecular weight excluding hydrogens is 332 g/mol. The van der Waals surface area contributed by atoms with Gasteiger partial charge in [-0.2, -0.15) is 0 Å². The van der Waals surface area contributed by atoms with E-state index in [0.29, 0.717) is 17.0 Å². The smallest absolute Gasteiger partial charge is 0.264 e. The second-order valence-corrected chi connectivity index (χ2v) is 8.23. The van der Waals surface area contributed by atoms with Crippen LogP contribution < -0.4 is 0 Å². The summed E-state index contributed by atoms with van der Waals surface area (Å²) < 4.78 is 1.01. The largest absolute Gasteiger partial charge is 0.371 e. The molecule has 1 amide bonds. The zero-order chi connectivity index (χ0) is 17.9. The summed E-state index contributed by atoms with van der Waals surface area (Å²) in [5, 5.41) is 13.3. The Morgan fingerprint density at radius 1 is 1.20 bits per heavy atom. The minimum atomic E-state index is -1.62. The number of aliphatic hydroxyl groups is 1. The van der Waals surface area contributed by atoms with Crippen molar-refractivity contribution in [2.45, 2.75) is 18.4 Å². The topological polar surface area (TPSA) is 40.5 Å². The van der Waals surface area contributed by atoms with Crippen LogP contribution in [-0.2, 0) is 10.4 Å². The number of carbonyl (C=O) groups is 1. The first kappa shape index (κ1) is 18.1. The number of carbonyl (C=O) groups excluding carboxylic acids is 1. The third-order valence-corrected chi connectivity index (χ3v) is 6.33. The van der Waals surface area contributed by atoms with Crippen molar-refractivity contribution >= 4 is 17.2 Å². The standard InChI is InChI=1S/C20H27N2O2S/c1-21(12-15-22(2)13-6-7-14-22)19(23)20(24,18-11-8-16-25-18)17-9-4-3-5-10-17/h3-5,8-11,16,24H,6-7,12-15H2,1-2H3/q+1/t20-/m1/s1. The molecule has 2 aromatic rings. The molecule has 4 nitrogen and oxygen atoms in total. The summed E-state index contributed by atoms with van der Waals surface area (Å²) >= 11 is 1.41. The lowest BCUT2D eigenvalue weighted by Crippen LogP contribution is -2.51. The normalized spacial score (nSPS) is 18.7. The maximum Gasteiger partial charge on any atom is 0.264 e. The highest BCUT2D eigenvalue weighted by molar-refractivity contribution is 7.10. The lowest BCUT2D eigenvalue weighted by atomic mass is 9.90. The molecule has 1 N–H and O–H groups in total. The van der Waals surface area contributed by atoms with Crippen LogP contribution >= 0.6 is 11.3 Å². The summed E-state index contributed by atoms with van der Waals surface area (Å²) in [7, 11) is 4.06. The van der Waals surface area contributed by atoms with Crippen molar-refractivity contribution in [3.8, 4) is 0 Å². The Balaban J connectivity index is 1.82. The second-order valence-electron chi connectivity index (χ2n) is 7.28. The molecule has 1 aliphatic rings. The molecule has 1 fully saturated rings. The first-order valence-corrected chi connectivity index (χ1v) is 9.75. The molecular formula is C20H27N2O2S+. The number of likely N-dealkylation sites (N-methyl/N-ethyl adjacent to an activating group) is 2. The van der Waals surface area contributed by atoms with Gasteiger partial charge >= 0.3 is 0 Å². The third kappa shape index (κ3) is 3.64. The third-order valence-electron chi connectivity index (χ3n) is 5.35. The van der Waals surface area contributed by atoms with E-state index < -0.39 is 5.60 Å². The van der Waals surface area contributed by atoms with Gasteiger partial charge in [-0.3, -0.25) is 4.79 Å². The van der Waals surface area contributed by atoms with Crippen LogP contribution in [0.2, 0.25) is 0 Å². The quantitative estimate of drug-likeness (QED) is 0.806. The number of hydrogen-bond acceptors (Lipinski definition) is 3. The zero-order valence-corrected chi connectivity index (χ0v) is 15.8. The number of likely N-dealkylation sites (tertiary alicyclic amines) is 1. The van der Waals surface area contributed by atoms with Crippen molar-refractivity contribution in [2.24, 2.45) is 0 Å². The average molecular weight is 360 g/mol. The fraction of sp³-hybridized carbons (Fsp3) is 0.450. The maximum absolute atomic E-state index is 13.2. The molecule has 1 atom stereocenters. The van der Waals surface area contributed by atoms with Gasteiger partial charge in [0.1, 0.15) is 0 Å². The number of rotatable bonds is 6. The summed E-state index contributed by atoms with van der Waals surface area (Å²) in [6.07, 6.45) is 2.52. The first-order valence-electron chi connectivity index (χ1n) is 8.87. The Morgan fingerprint density at radius 2 is 1.88 bits per heavy atom. The molecule has 0 bridgehead atoms. The summed E-state index contributed by atoms with van der Waals surface area (Å²) in [5.74, 6) is -0.257. The number of thiophene rings is 1. The highest BCUT2D eigenvalue weighted by Crippen LogP contribution is 2.34. The monoisotopic (exact) mass is 359 g/mol. The van der Waals surface area contributed by atoms with E-state index >= 15 is 0 Å². The van der Waals surface area contributed by atoms with Crippen molar-refractivity contribution < 1.29 is 14.4 Å². The fourth-order valence-corrected chi connectivity index (χ4v) is 4.46. The van der Waals surface area contributed by atoms with Gasteiger partial charge in [0, 0.05) is 19.9 Å². The lowest BCUT2D eigenvalue weighted by Gasteiger charge is -2.34. The Labute approximate surface area is 153 Å². The predicted octanol–water partition coefficient (Wildman–Crippen LogP) is 2.68. The summed E-state index contributed by atoms with van der Waals surface area (Å²) in [4.78, 5) is 15.6. The minimum absolute atomic E-state index is 0.257. The van der Waals surface area contributed by atoms with Crippen LogP contribution in [0.1, 0.15) is 23.3 Å². The van der Waals surface area contributed by atoms with Crippen LogP contribution in [-0.4, -0.2) is 60.7 Å². The van der Waals surface area contributed by atoms with E-state index in [1.54, 1.807) is 11.9 Å². The number of hydrogen-bond donors (Lipinski definition) is 1. The van der Waals surface area contributed by atoms with E-state index in [-0.39, 0.29) is 5.91 Å². The van der Waals surface area contributed by atoms with Crippen LogP contribution in [0.4, 0.5) is 0 Å². The lowest BCUT2D eigenvalue weighted by molar-refractivity contribution is -0.897. The van der Waals surface area contributed by atoms with Gasteiger partial charge in [0.05, 0.1) is 38.1 Å². The molecule has 3 rings (SSSR count). The van der Waals surface area contributed by atoms with E-state index in [4.69, 9.17) is 0 Å². The number of amides is 1. The van der Waals surface area contributed by atoms with E-state index in [1.807, 2.05) is 47.8 Å². The highest BCUT2D eigenvalue weighted by Gasteiger charge is 2.43. The van der Waals surface area contributed by atoms with Crippen molar-refractivity contribution in [1.82, 2.24) is 4.90 Å². The first-order chi connectivity index (χ1) is 12.0. The van der Waals surface area contributed by atoms with E-state index in [9.17, 15) is 9.90 Å². The number of quaternary nitrogens is 1. The van der Waals surface area contributed by atoms with Crippen molar-refractivity contribution in [1.29, 1.82) is 0 Å². The van der Waals surface area contributed by atoms with Crippen LogP contribution in [0.25, 0.3) is 0 Å². The van der Waals surface area contributed by atoms with Crippen molar-refractivity contribution in [3.63, 3.8) is 0 Å². The number of nitrogens with zero attached hydrogens (tertiary/aromatic N) is 2. The van der Waals surface area contributed by atoms with Gasteiger partial charge in [-0.15, -0.1) is 11.3 Å². The fourth-order valence-electron chi connectivity index (χ4n) is 3.63. The van der Waals surface area contributed by atoms with Crippen LogP contribution in [0, 0.1) is 0 Å².